The zero-order chi connectivity index (χ0) is 20.8. The Kier molecular flexibility index (Phi) is 6.64. The molecule has 6 nitrogen and oxygen atoms in total. The van der Waals surface area contributed by atoms with Crippen LogP contribution in [0.5, 0.6) is 0 Å². The van der Waals surface area contributed by atoms with Crippen molar-refractivity contribution < 1.29 is 18.4 Å². The van der Waals surface area contributed by atoms with Gasteiger partial charge in [0.05, 0.1) is 11.3 Å². The lowest BCUT2D eigenvalue weighted by Gasteiger charge is -2.22. The second kappa shape index (κ2) is 9.36. The van der Waals surface area contributed by atoms with Gasteiger partial charge in [-0.3, -0.25) is 4.79 Å². The fourth-order valence-electron chi connectivity index (χ4n) is 3.24. The maximum atomic E-state index is 13.7. The summed E-state index contributed by atoms with van der Waals surface area (Å²) >= 11 is 0. The molecular weight excluding hydrogens is 378 g/mol. The Balaban J connectivity index is 1.77. The molecule has 0 aliphatic carbocycles. The quantitative estimate of drug-likeness (QED) is 0.673. The van der Waals surface area contributed by atoms with E-state index in [0.29, 0.717) is 23.9 Å². The first-order valence-corrected chi connectivity index (χ1v) is 9.68. The van der Waals surface area contributed by atoms with Crippen LogP contribution in [0.1, 0.15) is 36.5 Å². The minimum Gasteiger partial charge on any atom is -0.371 e. The molecule has 3 amide bonds. The first kappa shape index (κ1) is 20.6. The van der Waals surface area contributed by atoms with Crippen molar-refractivity contribution in [1.82, 2.24) is 5.32 Å². The number of nitrogens with zero attached hydrogens (tertiary/aromatic N) is 1. The predicted molar refractivity (Wildman–Crippen MR) is 110 cm³/mol. The number of benzene rings is 2. The van der Waals surface area contributed by atoms with E-state index in [1.807, 2.05) is 6.92 Å². The van der Waals surface area contributed by atoms with E-state index in [0.717, 1.165) is 50.2 Å². The van der Waals surface area contributed by atoms with Gasteiger partial charge in [0.1, 0.15) is 11.6 Å². The zero-order valence-corrected chi connectivity index (χ0v) is 16.2. The van der Waals surface area contributed by atoms with E-state index < -0.39 is 17.7 Å². The van der Waals surface area contributed by atoms with Crippen molar-refractivity contribution >= 4 is 29.0 Å². The number of hydrogen-bond donors (Lipinski definition) is 3. The molecule has 3 N–H and O–H groups in total. The molecule has 1 fully saturated rings. The number of urea groups is 1. The third-order valence-electron chi connectivity index (χ3n) is 4.66. The third kappa shape index (κ3) is 5.22. The lowest BCUT2D eigenvalue weighted by Crippen LogP contribution is -2.28. The van der Waals surface area contributed by atoms with Crippen LogP contribution in [0.15, 0.2) is 36.4 Å². The standard InChI is InChI=1S/C21H24F2N4O2/c1-2-9-24-20(28)16-13-15(6-8-19(16)27-10-3-4-11-27)25-21(29)26-18-7-5-14(22)12-17(18)23/h5-8,12-13H,2-4,9-11H2,1H3,(H,24,28)(H2,25,26,29). The topological polar surface area (TPSA) is 73.5 Å². The Morgan fingerprint density at radius 2 is 1.79 bits per heavy atom. The Bertz CT molecular complexity index is 898. The molecule has 1 saturated heterocycles. The van der Waals surface area contributed by atoms with Gasteiger partial charge in [-0.25, -0.2) is 13.6 Å². The summed E-state index contributed by atoms with van der Waals surface area (Å²) in [5, 5.41) is 7.79. The number of amides is 3. The number of halogens is 2. The average Bonchev–Trinajstić information content (AvgIpc) is 3.23. The second-order valence-electron chi connectivity index (χ2n) is 6.89. The molecule has 2 aromatic rings. The molecule has 0 aromatic heterocycles. The van der Waals surface area contributed by atoms with Crippen molar-refractivity contribution in [3.63, 3.8) is 0 Å². The van der Waals surface area contributed by atoms with E-state index in [1.165, 1.54) is 0 Å². The molecule has 3 rings (SSSR count). The molecule has 0 atom stereocenters. The van der Waals surface area contributed by atoms with Crippen LogP contribution in [0, 0.1) is 11.6 Å². The highest BCUT2D eigenvalue weighted by molar-refractivity contribution is 6.04. The van der Waals surface area contributed by atoms with Crippen molar-refractivity contribution in [2.75, 3.05) is 35.2 Å². The summed E-state index contributed by atoms with van der Waals surface area (Å²) in [5.74, 6) is -1.81. The molecule has 1 aliphatic heterocycles. The van der Waals surface area contributed by atoms with E-state index in [1.54, 1.807) is 18.2 Å². The van der Waals surface area contributed by atoms with Crippen LogP contribution in [0.4, 0.5) is 30.6 Å². The summed E-state index contributed by atoms with van der Waals surface area (Å²) in [6.07, 6.45) is 2.96. The van der Waals surface area contributed by atoms with E-state index in [-0.39, 0.29) is 11.6 Å². The molecule has 0 radical (unpaired) electrons. The smallest absolute Gasteiger partial charge is 0.323 e. The van der Waals surface area contributed by atoms with Gasteiger partial charge in [0.25, 0.3) is 5.91 Å². The highest BCUT2D eigenvalue weighted by atomic mass is 19.1. The normalized spacial score (nSPS) is 13.3. The van der Waals surface area contributed by atoms with Crippen LogP contribution < -0.4 is 20.9 Å². The number of rotatable bonds is 6. The summed E-state index contributed by atoms with van der Waals surface area (Å²) in [5.41, 5.74) is 1.56. The van der Waals surface area contributed by atoms with E-state index in [9.17, 15) is 18.4 Å². The Hall–Kier alpha value is -3.16. The Morgan fingerprint density at radius 3 is 2.48 bits per heavy atom. The van der Waals surface area contributed by atoms with Gasteiger partial charge in [-0.05, 0) is 49.6 Å². The maximum absolute atomic E-state index is 13.7. The van der Waals surface area contributed by atoms with Crippen molar-refractivity contribution in [2.45, 2.75) is 26.2 Å². The van der Waals surface area contributed by atoms with Gasteiger partial charge in [0.15, 0.2) is 0 Å². The van der Waals surface area contributed by atoms with Crippen molar-refractivity contribution in [2.24, 2.45) is 0 Å². The summed E-state index contributed by atoms with van der Waals surface area (Å²) in [4.78, 5) is 27.0. The molecule has 1 heterocycles. The van der Waals surface area contributed by atoms with Gasteiger partial charge >= 0.3 is 6.03 Å². The molecule has 1 aliphatic rings. The van der Waals surface area contributed by atoms with Crippen LogP contribution in [-0.4, -0.2) is 31.6 Å². The second-order valence-corrected chi connectivity index (χ2v) is 6.89. The van der Waals surface area contributed by atoms with Crippen LogP contribution in [0.25, 0.3) is 0 Å². The highest BCUT2D eigenvalue weighted by Gasteiger charge is 2.20. The van der Waals surface area contributed by atoms with Gasteiger partial charge in [-0.2, -0.15) is 0 Å². The lowest BCUT2D eigenvalue weighted by molar-refractivity contribution is 0.0954. The summed E-state index contributed by atoms with van der Waals surface area (Å²) in [6.45, 7) is 4.29. The van der Waals surface area contributed by atoms with Crippen LogP contribution in [0.3, 0.4) is 0 Å². The van der Waals surface area contributed by atoms with Gasteiger partial charge in [-0.1, -0.05) is 6.92 Å². The molecule has 0 spiro atoms. The highest BCUT2D eigenvalue weighted by Crippen LogP contribution is 2.28. The monoisotopic (exact) mass is 402 g/mol. The summed E-state index contributed by atoms with van der Waals surface area (Å²) in [7, 11) is 0. The fraction of sp³-hybridized carbons (Fsp3) is 0.333. The summed E-state index contributed by atoms with van der Waals surface area (Å²) in [6, 6.07) is 7.31. The van der Waals surface area contributed by atoms with Gasteiger partial charge in [0, 0.05) is 37.1 Å². The van der Waals surface area contributed by atoms with Gasteiger partial charge < -0.3 is 20.9 Å². The number of carbonyl (C=O) groups excluding carboxylic acids is 2. The van der Waals surface area contributed by atoms with Crippen molar-refractivity contribution in [3.05, 3.63) is 53.6 Å². The molecule has 154 valence electrons. The van der Waals surface area contributed by atoms with Crippen LogP contribution in [0.2, 0.25) is 0 Å². The minimum atomic E-state index is -0.871. The first-order chi connectivity index (χ1) is 14.0. The molecule has 0 saturated carbocycles. The zero-order valence-electron chi connectivity index (χ0n) is 16.2. The molecule has 0 bridgehead atoms. The Morgan fingerprint density at radius 1 is 1.03 bits per heavy atom. The fourth-order valence-corrected chi connectivity index (χ4v) is 3.24. The van der Waals surface area contributed by atoms with Gasteiger partial charge in [-0.15, -0.1) is 0 Å². The lowest BCUT2D eigenvalue weighted by atomic mass is 10.1. The van der Waals surface area contributed by atoms with Crippen molar-refractivity contribution in [1.29, 1.82) is 0 Å². The van der Waals surface area contributed by atoms with E-state index in [4.69, 9.17) is 0 Å². The average molecular weight is 402 g/mol. The van der Waals surface area contributed by atoms with E-state index >= 15 is 0 Å². The molecule has 29 heavy (non-hydrogen) atoms. The third-order valence-corrected chi connectivity index (χ3v) is 4.66. The van der Waals surface area contributed by atoms with Crippen LogP contribution >= 0.6 is 0 Å². The molecule has 2 aromatic carbocycles. The number of hydrogen-bond acceptors (Lipinski definition) is 3. The number of nitrogens with one attached hydrogen (secondary N) is 3. The summed E-state index contributed by atoms with van der Waals surface area (Å²) < 4.78 is 26.7. The molecule has 0 unspecified atom stereocenters. The van der Waals surface area contributed by atoms with Crippen LogP contribution in [-0.2, 0) is 0 Å². The number of anilines is 3. The SMILES string of the molecule is CCCNC(=O)c1cc(NC(=O)Nc2ccc(F)cc2F)ccc1N1CCCC1. The van der Waals surface area contributed by atoms with Crippen molar-refractivity contribution in [3.8, 4) is 0 Å². The maximum Gasteiger partial charge on any atom is 0.323 e. The number of carbonyl (C=O) groups is 2. The predicted octanol–water partition coefficient (Wildman–Crippen LogP) is 4.35. The first-order valence-electron chi connectivity index (χ1n) is 9.68. The molecular formula is C21H24F2N4O2. The van der Waals surface area contributed by atoms with E-state index in [2.05, 4.69) is 20.9 Å². The minimum absolute atomic E-state index is 0.140. The van der Waals surface area contributed by atoms with Gasteiger partial charge in [0.2, 0.25) is 0 Å². The Labute approximate surface area is 168 Å². The largest absolute Gasteiger partial charge is 0.371 e. The molecule has 8 heteroatoms.